The minimum atomic E-state index is -3.92. The number of nitrogens with zero attached hydrogens (tertiary/aromatic N) is 4. The molecule has 0 saturated carbocycles. The zero-order valence-corrected chi connectivity index (χ0v) is 56.3. The van der Waals surface area contributed by atoms with E-state index in [2.05, 4.69) is 24.6 Å². The van der Waals surface area contributed by atoms with Gasteiger partial charge in [-0.3, -0.25) is 33.6 Å². The molecule has 12 rings (SSSR count). The third-order valence-electron chi connectivity index (χ3n) is 17.9. The molecule has 3 aliphatic heterocycles. The number of anilines is 3. The van der Waals surface area contributed by atoms with E-state index < -0.39 is 16.1 Å². The first-order valence-corrected chi connectivity index (χ1v) is 33.9. The van der Waals surface area contributed by atoms with Gasteiger partial charge in [-0.2, -0.15) is 4.31 Å². The normalized spacial score (nSPS) is 14.1. The molecule has 9 aromatic rings. The first kappa shape index (κ1) is 71.0. The number of nitrogen functional groups attached to an aromatic ring is 3. The third-order valence-corrected chi connectivity index (χ3v) is 19.8. The molecule has 3 aliphatic rings. The molecule has 0 aromatic heterocycles. The van der Waals surface area contributed by atoms with Crippen LogP contribution >= 0.6 is 0 Å². The van der Waals surface area contributed by atoms with Crippen LogP contribution in [0.25, 0.3) is 21.6 Å². The monoisotopic (exact) mass is 1350 g/mol. The van der Waals surface area contributed by atoms with Gasteiger partial charge in [0.2, 0.25) is 16.6 Å². The molecule has 8 N–H and O–H groups in total. The molecule has 0 spiro atoms. The highest BCUT2D eigenvalue weighted by molar-refractivity contribution is 7.89. The van der Waals surface area contributed by atoms with Gasteiger partial charge in [0.25, 0.3) is 11.8 Å². The number of nitrogens with two attached hydrogens (primary N) is 4. The molecule has 0 bridgehead atoms. The van der Waals surface area contributed by atoms with Crippen LogP contribution in [0, 0.1) is 6.57 Å². The maximum absolute atomic E-state index is 13.5. The number of amides is 2. The highest BCUT2D eigenvalue weighted by Gasteiger charge is 2.40. The molecule has 0 saturated heterocycles. The van der Waals surface area contributed by atoms with Gasteiger partial charge in [0.15, 0.2) is 28.9 Å². The van der Waals surface area contributed by atoms with Crippen molar-refractivity contribution in [1.29, 1.82) is 0 Å². The van der Waals surface area contributed by atoms with E-state index in [9.17, 15) is 42.0 Å². The van der Waals surface area contributed by atoms with Crippen molar-refractivity contribution in [2.45, 2.75) is 63.1 Å². The highest BCUT2D eigenvalue weighted by atomic mass is 32.2. The Balaban J connectivity index is 0.000000162. The number of para-hydroxylation sites is 3. The van der Waals surface area contributed by atoms with Crippen LogP contribution in [0.15, 0.2) is 231 Å². The van der Waals surface area contributed by atoms with Gasteiger partial charge in [-0.05, 0) is 141 Å². The number of carbonyl (C=O) groups excluding carboxylic acids is 7. The van der Waals surface area contributed by atoms with E-state index in [-0.39, 0.29) is 78.0 Å². The number of ketones is 5. The molecule has 18 heteroatoms. The van der Waals surface area contributed by atoms with Gasteiger partial charge in [-0.25, -0.2) is 15.0 Å². The van der Waals surface area contributed by atoms with Gasteiger partial charge < -0.3 is 37.6 Å². The molecule has 1 atom stereocenters. The van der Waals surface area contributed by atoms with E-state index in [0.717, 1.165) is 61.2 Å². The summed E-state index contributed by atoms with van der Waals surface area (Å²) < 4.78 is 28.4. The standard InChI is InChI=1S/C29H29N3O3.C27H24N2O3.C26H23N3O3S/c1-19-17-32(29(35)24-13-12-23(15-25(19)24)27(33)7-4-14-30)18-20-8-10-21(11-9-20)28(34)16-22-5-2-3-6-26(22)31;1-17-15-29(27(32)23-12-11-21(18(2)30)13-24(17)23)16-19-7-9-20(10-8-19)26(31)14-22-5-3-4-6-25(22)28;1-18-17-29(25(16-28-2)23-9-5-4-8-22(18)23)33(31,32)21-13-11-19(12-14-21)26(30)15-20-7-3-6-10-24(20)27/h2-3,5-6,8-13,15H,1,4,7,14,16-18,30-31H2;3-13H,1,14-16,28H2,2H3;3-14,25H,1,15-17,27H2. The molecule has 0 radical (unpaired) electrons. The molecule has 17 nitrogen and oxygen atoms in total. The number of sulfonamides is 1. The predicted octanol–water partition coefficient (Wildman–Crippen LogP) is 13.2. The van der Waals surface area contributed by atoms with Crippen molar-refractivity contribution in [2.75, 3.05) is 49.9 Å². The van der Waals surface area contributed by atoms with Gasteiger partial charge in [-0.15, -0.1) is 0 Å². The zero-order chi connectivity index (χ0) is 71.4. The number of hydrogen-bond donors (Lipinski definition) is 4. The Morgan fingerprint density at radius 2 is 0.870 bits per heavy atom. The lowest BCUT2D eigenvalue weighted by molar-refractivity contribution is 0.0750. The number of benzene rings is 9. The van der Waals surface area contributed by atoms with E-state index >= 15 is 0 Å². The van der Waals surface area contributed by atoms with Crippen molar-refractivity contribution in [3.63, 3.8) is 0 Å². The first-order valence-electron chi connectivity index (χ1n) is 32.5. The second-order valence-electron chi connectivity index (χ2n) is 24.8. The van der Waals surface area contributed by atoms with Crippen LogP contribution in [0.3, 0.4) is 0 Å². The minimum absolute atomic E-state index is 0.00733. The second-order valence-corrected chi connectivity index (χ2v) is 26.7. The summed E-state index contributed by atoms with van der Waals surface area (Å²) in [6, 6.07) is 59.5. The summed E-state index contributed by atoms with van der Waals surface area (Å²) in [5.74, 6) is -0.390. The van der Waals surface area contributed by atoms with E-state index in [1.165, 1.54) is 35.5 Å². The van der Waals surface area contributed by atoms with E-state index in [0.29, 0.717) is 107 Å². The van der Waals surface area contributed by atoms with Crippen molar-refractivity contribution < 1.29 is 42.0 Å². The van der Waals surface area contributed by atoms with Crippen molar-refractivity contribution in [3.8, 4) is 0 Å². The Bertz CT molecular complexity index is 4880. The SMILES string of the molecule is C=C1CN(Cc2ccc(C(=O)Cc3ccccc3N)cc2)C(=O)c2ccc(C(=O)CCCN)cc21.C=C1CN(Cc2ccc(C(=O)Cc3ccccc3N)cc2)C(=O)c2ccc(C(C)=O)cc21.[C-]#[N+]CC1c2ccccc2C(=C)CN1S(=O)(=O)c1ccc(C(=O)Cc2ccccc2N)cc1. The van der Waals surface area contributed by atoms with Crippen molar-refractivity contribution in [1.82, 2.24) is 14.1 Å². The predicted molar refractivity (Wildman–Crippen MR) is 393 cm³/mol. The fourth-order valence-electron chi connectivity index (χ4n) is 12.3. The van der Waals surface area contributed by atoms with Gasteiger partial charge in [-0.1, -0.05) is 171 Å². The summed E-state index contributed by atoms with van der Waals surface area (Å²) in [5.41, 5.74) is 38.5. The Labute approximate surface area is 582 Å². The van der Waals surface area contributed by atoms with Crippen LogP contribution in [-0.2, 0) is 42.4 Å². The first-order chi connectivity index (χ1) is 48.0. The largest absolute Gasteiger partial charge is 0.398 e. The van der Waals surface area contributed by atoms with Crippen LogP contribution in [0.1, 0.15) is 148 Å². The maximum atomic E-state index is 13.5. The topological polar surface area (TPSA) is 272 Å². The number of fused-ring (bicyclic) bond motifs is 3. The van der Waals surface area contributed by atoms with Crippen LogP contribution in [-0.4, -0.2) is 96.0 Å². The molecule has 0 aliphatic carbocycles. The molecule has 9 aromatic carbocycles. The fourth-order valence-corrected chi connectivity index (χ4v) is 13.9. The Hall–Kier alpha value is -11.8. The molecule has 3 heterocycles. The Kier molecular flexibility index (Phi) is 22.5. The third kappa shape index (κ3) is 16.4. The quantitative estimate of drug-likeness (QED) is 0.0296. The van der Waals surface area contributed by atoms with E-state index in [4.69, 9.17) is 29.5 Å². The number of Topliss-reactive ketones (excluding diaryl/α,β-unsaturated/α-hetero) is 5. The van der Waals surface area contributed by atoms with Crippen LogP contribution in [0.2, 0.25) is 0 Å². The average Bonchev–Trinajstić information content (AvgIpc) is 0.765. The maximum Gasteiger partial charge on any atom is 0.255 e. The smallest absolute Gasteiger partial charge is 0.255 e. The summed E-state index contributed by atoms with van der Waals surface area (Å²) in [4.78, 5) is 95.1. The summed E-state index contributed by atoms with van der Waals surface area (Å²) in [7, 11) is -3.92. The Morgan fingerprint density at radius 3 is 1.30 bits per heavy atom. The molecule has 1 unspecified atom stereocenters. The molecule has 100 heavy (non-hydrogen) atoms. The fraction of sp³-hybridized carbons (Fsp3) is 0.171. The highest BCUT2D eigenvalue weighted by Crippen LogP contribution is 2.39. The molecular weight excluding hydrogens is 1270 g/mol. The number of hydrogen-bond acceptors (Lipinski definition) is 13. The number of rotatable bonds is 21. The van der Waals surface area contributed by atoms with Gasteiger partial charge >= 0.3 is 0 Å². The summed E-state index contributed by atoms with van der Waals surface area (Å²) in [6.45, 7) is 23.3. The van der Waals surface area contributed by atoms with Crippen molar-refractivity contribution >= 4 is 84.5 Å². The zero-order valence-electron chi connectivity index (χ0n) is 55.5. The van der Waals surface area contributed by atoms with Gasteiger partial charge in [0.1, 0.15) is 6.04 Å². The van der Waals surface area contributed by atoms with Gasteiger partial charge in [0.05, 0.1) is 4.90 Å². The molecule has 0 fully saturated rings. The lowest BCUT2D eigenvalue weighted by atomic mass is 9.91. The van der Waals surface area contributed by atoms with Crippen LogP contribution < -0.4 is 22.9 Å². The lowest BCUT2D eigenvalue weighted by Crippen LogP contribution is -2.40. The van der Waals surface area contributed by atoms with Crippen molar-refractivity contribution in [3.05, 3.63) is 326 Å². The van der Waals surface area contributed by atoms with E-state index in [1.54, 1.807) is 101 Å². The summed E-state index contributed by atoms with van der Waals surface area (Å²) >= 11 is 0. The molecule has 2 amide bonds. The Morgan fingerprint density at radius 1 is 0.480 bits per heavy atom. The average molecular weight is 1350 g/mol. The van der Waals surface area contributed by atoms with Crippen LogP contribution in [0.5, 0.6) is 0 Å². The molecule has 504 valence electrons. The minimum Gasteiger partial charge on any atom is -0.398 e. The van der Waals surface area contributed by atoms with Crippen molar-refractivity contribution in [2.24, 2.45) is 5.73 Å². The van der Waals surface area contributed by atoms with Gasteiger partial charge in [0, 0.05) is 114 Å². The van der Waals surface area contributed by atoms with E-state index in [1.807, 2.05) is 91.0 Å². The summed E-state index contributed by atoms with van der Waals surface area (Å²) in [5, 5.41) is 0. The lowest BCUT2D eigenvalue weighted by Gasteiger charge is -2.34. The summed E-state index contributed by atoms with van der Waals surface area (Å²) in [6.07, 6.45) is 1.64. The number of carbonyl (C=O) groups is 7. The second kappa shape index (κ2) is 31.6. The van der Waals surface area contributed by atoms with Crippen LogP contribution in [0.4, 0.5) is 17.1 Å². The molecular formula is C82H76N8O9S.